The second-order valence-electron chi connectivity index (χ2n) is 6.11. The first-order valence-corrected chi connectivity index (χ1v) is 8.37. The number of carbonyl (C=O) groups excluding carboxylic acids is 1. The van der Waals surface area contributed by atoms with Crippen molar-refractivity contribution in [1.82, 2.24) is 14.8 Å². The van der Waals surface area contributed by atoms with Crippen LogP contribution in [0.4, 0.5) is 0 Å². The van der Waals surface area contributed by atoms with Gasteiger partial charge in [0, 0.05) is 18.4 Å². The lowest BCUT2D eigenvalue weighted by Crippen LogP contribution is -2.09. The number of nitrogens with zero attached hydrogens (tertiary/aromatic N) is 3. The van der Waals surface area contributed by atoms with Crippen LogP contribution in [0.25, 0.3) is 10.8 Å². The van der Waals surface area contributed by atoms with Gasteiger partial charge in [0.1, 0.15) is 18.2 Å². The molecule has 122 valence electrons. The fraction of sp³-hybridized carbons (Fsp3) is 0.316. The van der Waals surface area contributed by atoms with Gasteiger partial charge in [0.2, 0.25) is 0 Å². The van der Waals surface area contributed by atoms with Crippen molar-refractivity contribution in [3.05, 3.63) is 53.6 Å². The largest absolute Gasteiger partial charge is 0.484 e. The number of fused-ring (bicyclic) bond motifs is 2. The van der Waals surface area contributed by atoms with Gasteiger partial charge in [-0.15, -0.1) is 10.2 Å². The standard InChI is InChI=1S/C19H19N3O2/c23-12-15-10-9-14-6-3-4-7-16(14)19(15)24-13-18-21-20-17-8-2-1-5-11-22(17)18/h3-4,6-7,9-10,12H,1-2,5,8,11,13H2. The molecule has 2 heterocycles. The molecule has 1 aromatic heterocycles. The van der Waals surface area contributed by atoms with E-state index in [4.69, 9.17) is 4.74 Å². The number of aldehydes is 1. The van der Waals surface area contributed by atoms with Crippen molar-refractivity contribution < 1.29 is 9.53 Å². The van der Waals surface area contributed by atoms with Crippen LogP contribution in [0.2, 0.25) is 0 Å². The maximum Gasteiger partial charge on any atom is 0.171 e. The van der Waals surface area contributed by atoms with E-state index < -0.39 is 0 Å². The van der Waals surface area contributed by atoms with Crippen molar-refractivity contribution in [1.29, 1.82) is 0 Å². The SMILES string of the molecule is O=Cc1ccc2ccccc2c1OCc1nnc2n1CCCCC2. The first-order chi connectivity index (χ1) is 11.9. The second kappa shape index (κ2) is 6.43. The summed E-state index contributed by atoms with van der Waals surface area (Å²) < 4.78 is 8.20. The third kappa shape index (κ3) is 2.66. The summed E-state index contributed by atoms with van der Waals surface area (Å²) in [4.78, 5) is 11.4. The van der Waals surface area contributed by atoms with Gasteiger partial charge in [-0.25, -0.2) is 0 Å². The Hall–Kier alpha value is -2.69. The number of aryl methyl sites for hydroxylation is 1. The van der Waals surface area contributed by atoms with E-state index in [1.165, 1.54) is 6.42 Å². The summed E-state index contributed by atoms with van der Waals surface area (Å²) in [5, 5.41) is 10.6. The average Bonchev–Trinajstić information content (AvgIpc) is 2.86. The number of hydrogen-bond acceptors (Lipinski definition) is 4. The summed E-state index contributed by atoms with van der Waals surface area (Å²) in [7, 11) is 0. The van der Waals surface area contributed by atoms with E-state index in [1.54, 1.807) is 6.07 Å². The molecule has 3 aromatic rings. The minimum atomic E-state index is 0.321. The third-order valence-corrected chi connectivity index (χ3v) is 4.57. The maximum absolute atomic E-state index is 11.4. The molecule has 5 heteroatoms. The maximum atomic E-state index is 11.4. The molecule has 1 aliphatic rings. The zero-order valence-corrected chi connectivity index (χ0v) is 13.4. The summed E-state index contributed by atoms with van der Waals surface area (Å²) in [5.41, 5.74) is 0.560. The van der Waals surface area contributed by atoms with Crippen molar-refractivity contribution in [2.24, 2.45) is 0 Å². The van der Waals surface area contributed by atoms with Crippen LogP contribution in [0, 0.1) is 0 Å². The molecule has 0 aliphatic carbocycles. The highest BCUT2D eigenvalue weighted by Crippen LogP contribution is 2.29. The van der Waals surface area contributed by atoms with E-state index >= 15 is 0 Å². The summed E-state index contributed by atoms with van der Waals surface area (Å²) in [6, 6.07) is 11.7. The van der Waals surface area contributed by atoms with Crippen molar-refractivity contribution in [2.75, 3.05) is 0 Å². The van der Waals surface area contributed by atoms with Crippen molar-refractivity contribution >= 4 is 17.1 Å². The van der Waals surface area contributed by atoms with Gasteiger partial charge in [-0.3, -0.25) is 4.79 Å². The van der Waals surface area contributed by atoms with Crippen molar-refractivity contribution in [2.45, 2.75) is 38.8 Å². The van der Waals surface area contributed by atoms with Gasteiger partial charge in [0.05, 0.1) is 5.56 Å². The molecule has 0 saturated heterocycles. The lowest BCUT2D eigenvalue weighted by atomic mass is 10.1. The molecule has 5 nitrogen and oxygen atoms in total. The fourth-order valence-electron chi connectivity index (χ4n) is 3.30. The molecule has 1 aliphatic heterocycles. The monoisotopic (exact) mass is 321 g/mol. The smallest absolute Gasteiger partial charge is 0.171 e. The Bertz CT molecular complexity index is 885. The minimum absolute atomic E-state index is 0.321. The second-order valence-corrected chi connectivity index (χ2v) is 6.11. The van der Waals surface area contributed by atoms with Gasteiger partial charge in [-0.2, -0.15) is 0 Å². The third-order valence-electron chi connectivity index (χ3n) is 4.57. The molecular weight excluding hydrogens is 302 g/mol. The average molecular weight is 321 g/mol. The van der Waals surface area contributed by atoms with Gasteiger partial charge in [-0.05, 0) is 24.3 Å². The number of aromatic nitrogens is 3. The molecule has 0 amide bonds. The highest BCUT2D eigenvalue weighted by molar-refractivity contribution is 5.96. The highest BCUT2D eigenvalue weighted by atomic mass is 16.5. The molecule has 4 rings (SSSR count). The van der Waals surface area contributed by atoms with Crippen LogP contribution in [0.3, 0.4) is 0 Å². The van der Waals surface area contributed by atoms with E-state index in [0.717, 1.165) is 54.5 Å². The Morgan fingerprint density at radius 1 is 1.08 bits per heavy atom. The zero-order valence-electron chi connectivity index (χ0n) is 13.4. The minimum Gasteiger partial charge on any atom is -0.484 e. The Balaban J connectivity index is 1.66. The van der Waals surface area contributed by atoms with Gasteiger partial charge in [-0.1, -0.05) is 36.8 Å². The van der Waals surface area contributed by atoms with E-state index in [-0.39, 0.29) is 0 Å². The van der Waals surface area contributed by atoms with Gasteiger partial charge in [0.25, 0.3) is 0 Å². The molecule has 0 fully saturated rings. The lowest BCUT2D eigenvalue weighted by Gasteiger charge is -2.12. The number of carbonyl (C=O) groups is 1. The number of hydrogen-bond donors (Lipinski definition) is 0. The molecule has 0 saturated carbocycles. The van der Waals surface area contributed by atoms with Gasteiger partial charge >= 0.3 is 0 Å². The van der Waals surface area contributed by atoms with Gasteiger partial charge < -0.3 is 9.30 Å². The van der Waals surface area contributed by atoms with Crippen LogP contribution in [-0.2, 0) is 19.6 Å². The number of ether oxygens (including phenoxy) is 1. The molecule has 0 spiro atoms. The molecule has 0 bridgehead atoms. The molecular formula is C19H19N3O2. The first-order valence-electron chi connectivity index (χ1n) is 8.37. The van der Waals surface area contributed by atoms with E-state index in [1.807, 2.05) is 30.3 Å². The normalized spacial score (nSPS) is 14.2. The van der Waals surface area contributed by atoms with Crippen molar-refractivity contribution in [3.63, 3.8) is 0 Å². The zero-order chi connectivity index (χ0) is 16.4. The molecule has 0 radical (unpaired) electrons. The first kappa shape index (κ1) is 14.9. The Labute approximate surface area is 140 Å². The quantitative estimate of drug-likeness (QED) is 0.690. The van der Waals surface area contributed by atoms with Crippen LogP contribution in [0.5, 0.6) is 5.75 Å². The predicted molar refractivity (Wildman–Crippen MR) is 91.2 cm³/mol. The number of rotatable bonds is 4. The van der Waals surface area contributed by atoms with Gasteiger partial charge in [0.15, 0.2) is 12.1 Å². The van der Waals surface area contributed by atoms with E-state index in [9.17, 15) is 4.79 Å². The van der Waals surface area contributed by atoms with E-state index in [0.29, 0.717) is 17.9 Å². The summed E-state index contributed by atoms with van der Waals surface area (Å²) >= 11 is 0. The summed E-state index contributed by atoms with van der Waals surface area (Å²) in [6.45, 7) is 1.26. The van der Waals surface area contributed by atoms with Crippen LogP contribution < -0.4 is 4.74 Å². The Morgan fingerprint density at radius 3 is 2.92 bits per heavy atom. The summed E-state index contributed by atoms with van der Waals surface area (Å²) in [5.74, 6) is 2.49. The van der Waals surface area contributed by atoms with Crippen molar-refractivity contribution in [3.8, 4) is 5.75 Å². The molecule has 0 N–H and O–H groups in total. The molecule has 24 heavy (non-hydrogen) atoms. The topological polar surface area (TPSA) is 57.0 Å². The molecule has 0 atom stereocenters. The predicted octanol–water partition coefficient (Wildman–Crippen LogP) is 3.55. The molecule has 0 unspecified atom stereocenters. The van der Waals surface area contributed by atoms with Crippen LogP contribution >= 0.6 is 0 Å². The van der Waals surface area contributed by atoms with Crippen LogP contribution in [0.1, 0.15) is 41.3 Å². The fourth-order valence-corrected chi connectivity index (χ4v) is 3.30. The van der Waals surface area contributed by atoms with Crippen LogP contribution in [-0.4, -0.2) is 21.1 Å². The Morgan fingerprint density at radius 2 is 2.00 bits per heavy atom. The lowest BCUT2D eigenvalue weighted by molar-refractivity contribution is 0.111. The highest BCUT2D eigenvalue weighted by Gasteiger charge is 2.16. The number of benzene rings is 2. The molecule has 2 aromatic carbocycles. The van der Waals surface area contributed by atoms with Crippen LogP contribution in [0.15, 0.2) is 36.4 Å². The Kier molecular flexibility index (Phi) is 3.99. The summed E-state index contributed by atoms with van der Waals surface area (Å²) in [6.07, 6.45) is 5.35. The van der Waals surface area contributed by atoms with E-state index in [2.05, 4.69) is 14.8 Å².